The van der Waals surface area contributed by atoms with E-state index in [0.29, 0.717) is 12.3 Å². The summed E-state index contributed by atoms with van der Waals surface area (Å²) in [5.41, 5.74) is 0. The van der Waals surface area contributed by atoms with Gasteiger partial charge in [0.15, 0.2) is 0 Å². The van der Waals surface area contributed by atoms with Gasteiger partial charge in [-0.3, -0.25) is 4.90 Å². The summed E-state index contributed by atoms with van der Waals surface area (Å²) < 4.78 is 5.72. The number of nitrogens with zero attached hydrogens (tertiary/aromatic N) is 1. The second kappa shape index (κ2) is 2.21. The minimum atomic E-state index is 0.353. The Morgan fingerprint density at radius 3 is 3.00 bits per heavy atom. The molecule has 0 aromatic rings. The summed E-state index contributed by atoms with van der Waals surface area (Å²) in [6.07, 6.45) is 4.81. The Morgan fingerprint density at radius 2 is 2.20 bits per heavy atom. The third-order valence-electron chi connectivity index (χ3n) is 2.90. The number of hydrogen-bond donors (Lipinski definition) is 0. The van der Waals surface area contributed by atoms with Crippen LogP contribution in [0.1, 0.15) is 26.2 Å². The lowest BCUT2D eigenvalue weighted by atomic mass is 10.2. The van der Waals surface area contributed by atoms with E-state index < -0.39 is 0 Å². The standard InChI is InChI=1S/C8H15NO/c1-6-9(2)7-3-4-8(5-7)10-6/h6-8H,3-5H2,1-2H3/t6?,7-,8+/m0/s1. The molecule has 1 unspecified atom stereocenters. The molecule has 1 heterocycles. The Morgan fingerprint density at radius 1 is 1.40 bits per heavy atom. The molecular weight excluding hydrogens is 126 g/mol. The van der Waals surface area contributed by atoms with Crippen molar-refractivity contribution in [3.05, 3.63) is 0 Å². The third-order valence-corrected chi connectivity index (χ3v) is 2.90. The summed E-state index contributed by atoms with van der Waals surface area (Å²) in [6.45, 7) is 2.14. The fraction of sp³-hybridized carbons (Fsp3) is 1.00. The second-order valence-corrected chi connectivity index (χ2v) is 3.49. The van der Waals surface area contributed by atoms with Gasteiger partial charge >= 0.3 is 0 Å². The Hall–Kier alpha value is -0.0800. The van der Waals surface area contributed by atoms with Crippen molar-refractivity contribution >= 4 is 0 Å². The maximum Gasteiger partial charge on any atom is 0.108 e. The van der Waals surface area contributed by atoms with Gasteiger partial charge in [-0.1, -0.05) is 0 Å². The minimum Gasteiger partial charge on any atom is -0.360 e. The van der Waals surface area contributed by atoms with Crippen molar-refractivity contribution in [2.45, 2.75) is 44.6 Å². The molecule has 0 N–H and O–H groups in total. The van der Waals surface area contributed by atoms with Gasteiger partial charge in [0.25, 0.3) is 0 Å². The third kappa shape index (κ3) is 0.867. The Bertz CT molecular complexity index is 137. The summed E-state index contributed by atoms with van der Waals surface area (Å²) in [7, 11) is 2.16. The normalized spacial score (nSPS) is 48.0. The molecule has 2 aliphatic rings. The molecular formula is C8H15NO. The highest BCUT2D eigenvalue weighted by molar-refractivity contribution is 4.87. The Labute approximate surface area is 62.2 Å². The molecule has 0 spiro atoms. The molecule has 2 nitrogen and oxygen atoms in total. The molecule has 3 atom stereocenters. The fourth-order valence-electron chi connectivity index (χ4n) is 2.08. The number of fused-ring (bicyclic) bond motifs is 2. The Balaban J connectivity index is 2.09. The van der Waals surface area contributed by atoms with Crippen LogP contribution >= 0.6 is 0 Å². The van der Waals surface area contributed by atoms with Crippen LogP contribution < -0.4 is 0 Å². The van der Waals surface area contributed by atoms with E-state index in [1.165, 1.54) is 19.3 Å². The lowest BCUT2D eigenvalue weighted by Gasteiger charge is -2.35. The molecule has 2 heteroatoms. The summed E-state index contributed by atoms with van der Waals surface area (Å²) >= 11 is 0. The monoisotopic (exact) mass is 141 g/mol. The molecule has 2 fully saturated rings. The molecule has 0 radical (unpaired) electrons. The maximum absolute atomic E-state index is 5.72. The summed E-state index contributed by atoms with van der Waals surface area (Å²) in [4.78, 5) is 2.35. The van der Waals surface area contributed by atoms with Crippen LogP contribution in [0, 0.1) is 0 Å². The highest BCUT2D eigenvalue weighted by Gasteiger charge is 2.36. The molecule has 0 aromatic carbocycles. The van der Waals surface area contributed by atoms with Crippen LogP contribution in [-0.4, -0.2) is 30.3 Å². The van der Waals surface area contributed by atoms with E-state index >= 15 is 0 Å². The van der Waals surface area contributed by atoms with E-state index in [4.69, 9.17) is 4.74 Å². The molecule has 1 aliphatic heterocycles. The van der Waals surface area contributed by atoms with Crippen molar-refractivity contribution in [3.63, 3.8) is 0 Å². The summed E-state index contributed by atoms with van der Waals surface area (Å²) in [5, 5.41) is 0. The SMILES string of the molecule is CC1O[C@@H]2CC[C@@H](C2)N1C. The van der Waals surface area contributed by atoms with Crippen LogP contribution in [0.3, 0.4) is 0 Å². The molecule has 58 valence electrons. The first-order chi connectivity index (χ1) is 4.77. The average Bonchev–Trinajstić information content (AvgIpc) is 2.29. The number of ether oxygens (including phenoxy) is 1. The molecule has 2 rings (SSSR count). The second-order valence-electron chi connectivity index (χ2n) is 3.49. The van der Waals surface area contributed by atoms with Crippen molar-refractivity contribution in [3.8, 4) is 0 Å². The molecule has 1 saturated carbocycles. The summed E-state index contributed by atoms with van der Waals surface area (Å²) in [5.74, 6) is 0. The average molecular weight is 141 g/mol. The minimum absolute atomic E-state index is 0.353. The van der Waals surface area contributed by atoms with Crippen molar-refractivity contribution < 1.29 is 4.74 Å². The van der Waals surface area contributed by atoms with Crippen molar-refractivity contribution in [1.29, 1.82) is 0 Å². The largest absolute Gasteiger partial charge is 0.360 e. The van der Waals surface area contributed by atoms with Crippen molar-refractivity contribution in [1.82, 2.24) is 4.90 Å². The summed E-state index contributed by atoms with van der Waals surface area (Å²) in [6, 6.07) is 0.814. The van der Waals surface area contributed by atoms with Gasteiger partial charge in [0.2, 0.25) is 0 Å². The van der Waals surface area contributed by atoms with Crippen molar-refractivity contribution in [2.75, 3.05) is 7.05 Å². The highest BCUT2D eigenvalue weighted by atomic mass is 16.5. The van der Waals surface area contributed by atoms with E-state index in [-0.39, 0.29) is 0 Å². The number of hydrogen-bond acceptors (Lipinski definition) is 2. The van der Waals surface area contributed by atoms with Crippen molar-refractivity contribution in [2.24, 2.45) is 0 Å². The molecule has 10 heavy (non-hydrogen) atoms. The maximum atomic E-state index is 5.72. The van der Waals surface area contributed by atoms with Gasteiger partial charge in [-0.2, -0.15) is 0 Å². The van der Waals surface area contributed by atoms with E-state index in [9.17, 15) is 0 Å². The van der Waals surface area contributed by atoms with Gasteiger partial charge in [-0.25, -0.2) is 0 Å². The highest BCUT2D eigenvalue weighted by Crippen LogP contribution is 2.32. The zero-order valence-corrected chi connectivity index (χ0v) is 6.71. The van der Waals surface area contributed by atoms with Crippen LogP contribution in [0.15, 0.2) is 0 Å². The van der Waals surface area contributed by atoms with Gasteiger partial charge < -0.3 is 4.74 Å². The smallest absolute Gasteiger partial charge is 0.108 e. The van der Waals surface area contributed by atoms with Gasteiger partial charge in [-0.05, 0) is 33.2 Å². The van der Waals surface area contributed by atoms with E-state index in [0.717, 1.165) is 6.04 Å². The first-order valence-electron chi connectivity index (χ1n) is 4.15. The van der Waals surface area contributed by atoms with E-state index in [1.54, 1.807) is 0 Å². The molecule has 0 aromatic heterocycles. The van der Waals surface area contributed by atoms with Crippen LogP contribution in [0.4, 0.5) is 0 Å². The number of rotatable bonds is 0. The van der Waals surface area contributed by atoms with Crippen LogP contribution in [-0.2, 0) is 4.74 Å². The molecule has 1 aliphatic carbocycles. The van der Waals surface area contributed by atoms with Crippen LogP contribution in [0.5, 0.6) is 0 Å². The first kappa shape index (κ1) is 6.62. The molecule has 2 bridgehead atoms. The van der Waals surface area contributed by atoms with Gasteiger partial charge in [0.05, 0.1) is 6.10 Å². The predicted molar refractivity (Wildman–Crippen MR) is 39.7 cm³/mol. The first-order valence-corrected chi connectivity index (χ1v) is 4.15. The van der Waals surface area contributed by atoms with E-state index in [2.05, 4.69) is 18.9 Å². The molecule has 0 amide bonds. The quantitative estimate of drug-likeness (QED) is 0.503. The predicted octanol–water partition coefficient (Wildman–Crippen LogP) is 1.22. The zero-order valence-electron chi connectivity index (χ0n) is 6.71. The van der Waals surface area contributed by atoms with E-state index in [1.807, 2.05) is 0 Å². The van der Waals surface area contributed by atoms with Crippen LogP contribution in [0.2, 0.25) is 0 Å². The van der Waals surface area contributed by atoms with Crippen LogP contribution in [0.25, 0.3) is 0 Å². The van der Waals surface area contributed by atoms with Gasteiger partial charge in [-0.15, -0.1) is 0 Å². The topological polar surface area (TPSA) is 12.5 Å². The lowest BCUT2D eigenvalue weighted by molar-refractivity contribution is -0.117. The fourth-order valence-corrected chi connectivity index (χ4v) is 2.08. The van der Waals surface area contributed by atoms with Gasteiger partial charge in [0.1, 0.15) is 6.23 Å². The van der Waals surface area contributed by atoms with Gasteiger partial charge in [0, 0.05) is 6.04 Å². The lowest BCUT2D eigenvalue weighted by Crippen LogP contribution is -2.44. The molecule has 1 saturated heterocycles. The zero-order chi connectivity index (χ0) is 7.14. The Kier molecular flexibility index (Phi) is 1.46.